The van der Waals surface area contributed by atoms with Gasteiger partial charge in [-0.15, -0.1) is 22.7 Å². The Morgan fingerprint density at radius 1 is 0.966 bits per heavy atom. The number of carbonyl (C=O) groups excluding carboxylic acids is 2. The number of ketones is 1. The highest BCUT2D eigenvalue weighted by atomic mass is 32.1. The molecule has 6 aliphatic rings. The SMILES string of the molecule is CC[C@H]1CCC[C@H](O[C@H]2CC[C@H](N(C)C)C(C)O2)[C@@H](C)C(=O)C2=C[C@H]3[C@@H]4C[C@H](O[C@@H]5OC(C)[C@H](O)C(OC)[C@@H]5OC)C[C@H]4c4nc(-c5cccs5)sc4[C@H]3[C@@H]2CC(=O)O1. The largest absolute Gasteiger partial charge is 0.462 e. The van der Waals surface area contributed by atoms with E-state index in [1.54, 1.807) is 36.9 Å². The molecule has 3 aliphatic carbocycles. The summed E-state index contributed by atoms with van der Waals surface area (Å²) in [5, 5.41) is 13.9. The van der Waals surface area contributed by atoms with Gasteiger partial charge in [-0.3, -0.25) is 9.59 Å². The van der Waals surface area contributed by atoms with E-state index in [0.29, 0.717) is 12.5 Å². The minimum Gasteiger partial charge on any atom is -0.462 e. The van der Waals surface area contributed by atoms with Gasteiger partial charge in [0, 0.05) is 48.8 Å². The Hall–Kier alpha value is -2.11. The summed E-state index contributed by atoms with van der Waals surface area (Å²) >= 11 is 3.38. The van der Waals surface area contributed by atoms with Crippen LogP contribution in [0.2, 0.25) is 0 Å². The third-order valence-electron chi connectivity index (χ3n) is 14.4. The van der Waals surface area contributed by atoms with Crippen molar-refractivity contribution in [1.29, 1.82) is 0 Å². The van der Waals surface area contributed by atoms with E-state index in [9.17, 15) is 9.90 Å². The molecule has 12 nitrogen and oxygen atoms in total. The van der Waals surface area contributed by atoms with Gasteiger partial charge >= 0.3 is 5.97 Å². The Morgan fingerprint density at radius 2 is 1.76 bits per heavy atom. The number of thiophene rings is 1. The molecule has 14 heteroatoms. The van der Waals surface area contributed by atoms with Gasteiger partial charge in [0.05, 0.1) is 41.4 Å². The van der Waals surface area contributed by atoms with Gasteiger partial charge in [0.1, 0.15) is 29.4 Å². The second kappa shape index (κ2) is 18.3. The smallest absolute Gasteiger partial charge is 0.306 e. The third kappa shape index (κ3) is 8.54. The molecular formula is C45H64N2O10S2. The van der Waals surface area contributed by atoms with E-state index in [2.05, 4.69) is 50.4 Å². The highest BCUT2D eigenvalue weighted by Crippen LogP contribution is 2.63. The van der Waals surface area contributed by atoms with Crippen LogP contribution in [0, 0.1) is 23.7 Å². The number of aromatic nitrogens is 1. The maximum atomic E-state index is 15.1. The number of Topliss-reactive ketones (excluding diaryl/α,β-unsaturated/α-hetero) is 1. The number of aliphatic hydroxyl groups excluding tert-OH is 1. The van der Waals surface area contributed by atoms with Crippen molar-refractivity contribution in [2.45, 2.75) is 165 Å². The minimum atomic E-state index is -0.855. The van der Waals surface area contributed by atoms with Crippen LogP contribution < -0.4 is 0 Å². The van der Waals surface area contributed by atoms with E-state index < -0.39 is 36.6 Å². The van der Waals surface area contributed by atoms with Crippen molar-refractivity contribution < 1.29 is 47.9 Å². The summed E-state index contributed by atoms with van der Waals surface area (Å²) in [6.07, 6.45) is 4.04. The Balaban J connectivity index is 1.13. The van der Waals surface area contributed by atoms with Gasteiger partial charge in [0.2, 0.25) is 0 Å². The molecule has 3 unspecified atom stereocenters. The first kappa shape index (κ1) is 43.5. The number of hydrogen-bond donors (Lipinski definition) is 1. The van der Waals surface area contributed by atoms with Gasteiger partial charge in [-0.1, -0.05) is 26.0 Å². The Morgan fingerprint density at radius 3 is 2.46 bits per heavy atom. The molecule has 8 rings (SSSR count). The maximum Gasteiger partial charge on any atom is 0.306 e. The van der Waals surface area contributed by atoms with Gasteiger partial charge in [-0.25, -0.2) is 4.98 Å². The van der Waals surface area contributed by atoms with E-state index in [0.717, 1.165) is 71.0 Å². The molecule has 4 fully saturated rings. The zero-order chi connectivity index (χ0) is 41.7. The van der Waals surface area contributed by atoms with Crippen LogP contribution in [0.4, 0.5) is 0 Å². The van der Waals surface area contributed by atoms with Gasteiger partial charge in [0.25, 0.3) is 0 Å². The van der Waals surface area contributed by atoms with Gasteiger partial charge in [0.15, 0.2) is 18.4 Å². The summed E-state index contributed by atoms with van der Waals surface area (Å²) in [5.41, 5.74) is 1.78. The van der Waals surface area contributed by atoms with Crippen LogP contribution in [0.25, 0.3) is 9.88 Å². The molecule has 2 aromatic heterocycles. The lowest BCUT2D eigenvalue weighted by atomic mass is 9.67. The molecule has 5 heterocycles. The summed E-state index contributed by atoms with van der Waals surface area (Å²) in [6.45, 7) is 8.01. The summed E-state index contributed by atoms with van der Waals surface area (Å²) in [4.78, 5) is 39.0. The summed E-state index contributed by atoms with van der Waals surface area (Å²) in [5.74, 6) is -0.879. The Kier molecular flexibility index (Phi) is 13.5. The lowest BCUT2D eigenvalue weighted by Crippen LogP contribution is -2.59. The van der Waals surface area contributed by atoms with Gasteiger partial charge in [-0.05, 0) is 108 Å². The van der Waals surface area contributed by atoms with Crippen molar-refractivity contribution >= 4 is 34.4 Å². The summed E-state index contributed by atoms with van der Waals surface area (Å²) in [6, 6.07) is 4.47. The monoisotopic (exact) mass is 856 g/mol. The van der Waals surface area contributed by atoms with Crippen LogP contribution in [0.15, 0.2) is 29.2 Å². The molecule has 59 heavy (non-hydrogen) atoms. The number of thiazole rings is 1. The van der Waals surface area contributed by atoms with Crippen molar-refractivity contribution in [2.75, 3.05) is 28.3 Å². The molecule has 0 bridgehead atoms. The fourth-order valence-electron chi connectivity index (χ4n) is 11.3. The standard InChI is InChI=1S/C45H64N2O10S2/c1-9-25-12-10-13-33(57-36-16-15-32(47(5)6)23(3)53-36)22(2)39(49)31-20-28-27-18-26(56-45-42(52-8)41(51-7)40(50)24(4)54-45)19-30(27)38-43(37(28)29(31)21-35(48)55-25)59-44(46-38)34-14-11-17-58-34/h11,14,17,20,22-30,32-33,36-37,40-42,45,50H,9-10,12-13,15-16,18-19,21H2,1-8H3/t22-,23?,24?,25+,26+,27+,28+,29-,30-,32+,33+,36+,37-,40+,41?,42+,45+/m1/s1. The van der Waals surface area contributed by atoms with E-state index in [4.69, 9.17) is 38.1 Å². The number of hydrogen-bond acceptors (Lipinski definition) is 14. The number of carbonyl (C=O) groups is 2. The molecule has 0 amide bonds. The molecule has 2 aromatic rings. The zero-order valence-corrected chi connectivity index (χ0v) is 37.5. The molecule has 0 radical (unpaired) electrons. The number of aliphatic hydroxyl groups is 1. The van der Waals surface area contributed by atoms with E-state index in [-0.39, 0.29) is 78.5 Å². The number of fused-ring (bicyclic) bond motifs is 8. The zero-order valence-electron chi connectivity index (χ0n) is 35.8. The highest BCUT2D eigenvalue weighted by Gasteiger charge is 2.57. The van der Waals surface area contributed by atoms with Crippen molar-refractivity contribution in [2.24, 2.45) is 23.7 Å². The second-order valence-electron chi connectivity index (χ2n) is 18.0. The van der Waals surface area contributed by atoms with Gasteiger partial charge < -0.3 is 43.2 Å². The predicted molar refractivity (Wildman–Crippen MR) is 224 cm³/mol. The Bertz CT molecular complexity index is 1800. The minimum absolute atomic E-state index is 0.00313. The first-order valence-electron chi connectivity index (χ1n) is 21.9. The van der Waals surface area contributed by atoms with Crippen LogP contribution in [0.3, 0.4) is 0 Å². The van der Waals surface area contributed by atoms with Crippen molar-refractivity contribution in [3.8, 4) is 9.88 Å². The van der Waals surface area contributed by atoms with E-state index in [1.807, 2.05) is 19.9 Å². The quantitative estimate of drug-likeness (QED) is 0.258. The topological polar surface area (TPSA) is 135 Å². The van der Waals surface area contributed by atoms with Crippen LogP contribution >= 0.6 is 22.7 Å². The average Bonchev–Trinajstić information content (AvgIpc) is 4.03. The number of nitrogens with zero attached hydrogens (tertiary/aromatic N) is 2. The number of allylic oxidation sites excluding steroid dienone is 2. The van der Waals surface area contributed by atoms with Crippen LogP contribution in [-0.4, -0.2) is 123 Å². The average molecular weight is 857 g/mol. The number of esters is 1. The molecule has 3 aliphatic heterocycles. The molecular weight excluding hydrogens is 793 g/mol. The predicted octanol–water partition coefficient (Wildman–Crippen LogP) is 7.10. The normalized spacial score (nSPS) is 41.6. The van der Waals surface area contributed by atoms with E-state index in [1.165, 1.54) is 0 Å². The molecule has 17 atom stereocenters. The lowest BCUT2D eigenvalue weighted by Gasteiger charge is -2.43. The first-order valence-corrected chi connectivity index (χ1v) is 23.6. The van der Waals surface area contributed by atoms with Crippen molar-refractivity contribution in [3.05, 3.63) is 39.7 Å². The summed E-state index contributed by atoms with van der Waals surface area (Å²) in [7, 11) is 7.33. The molecule has 3 saturated heterocycles. The molecule has 0 spiro atoms. The lowest BCUT2D eigenvalue weighted by molar-refractivity contribution is -0.311. The number of ether oxygens (including phenoxy) is 7. The van der Waals surface area contributed by atoms with Crippen LogP contribution in [-0.2, 0) is 42.7 Å². The molecule has 1 saturated carbocycles. The first-order chi connectivity index (χ1) is 28.4. The van der Waals surface area contributed by atoms with Crippen LogP contribution in [0.5, 0.6) is 0 Å². The maximum absolute atomic E-state index is 15.1. The second-order valence-corrected chi connectivity index (χ2v) is 20.0. The highest BCUT2D eigenvalue weighted by molar-refractivity contribution is 7.21. The number of methoxy groups -OCH3 is 2. The molecule has 0 aromatic carbocycles. The fraction of sp³-hybridized carbons (Fsp3) is 0.756. The van der Waals surface area contributed by atoms with E-state index >= 15 is 4.79 Å². The molecule has 1 N–H and O–H groups in total. The number of cyclic esters (lactones) is 1. The molecule has 326 valence electrons. The summed E-state index contributed by atoms with van der Waals surface area (Å²) < 4.78 is 44.0. The Labute approximate surface area is 357 Å². The third-order valence-corrected chi connectivity index (χ3v) is 16.6. The van der Waals surface area contributed by atoms with Crippen LogP contribution in [0.1, 0.15) is 108 Å². The van der Waals surface area contributed by atoms with Crippen molar-refractivity contribution in [1.82, 2.24) is 9.88 Å². The number of rotatable bonds is 9. The fourth-order valence-corrected chi connectivity index (χ4v) is 13.4. The van der Waals surface area contributed by atoms with Crippen molar-refractivity contribution in [3.63, 3.8) is 0 Å². The van der Waals surface area contributed by atoms with Gasteiger partial charge in [-0.2, -0.15) is 0 Å². The number of likely N-dealkylation sites (N-methyl/N-ethyl adjacent to an activating group) is 1.